The quantitative estimate of drug-likeness (QED) is 0.481. The fourth-order valence-corrected chi connectivity index (χ4v) is 4.28. The van der Waals surface area contributed by atoms with Gasteiger partial charge >= 0.3 is 0 Å². The second-order valence-corrected chi connectivity index (χ2v) is 7.85. The molecule has 150 valence electrons. The Hall–Kier alpha value is -3.47. The second kappa shape index (κ2) is 7.41. The smallest absolute Gasteiger partial charge is 0.227 e. The summed E-state index contributed by atoms with van der Waals surface area (Å²) in [4.78, 5) is 19.4. The van der Waals surface area contributed by atoms with Crippen molar-refractivity contribution in [1.82, 2.24) is 9.55 Å². The molecule has 4 aromatic rings. The van der Waals surface area contributed by atoms with Gasteiger partial charge in [-0.05, 0) is 54.4 Å². The van der Waals surface area contributed by atoms with Crippen LogP contribution in [0.25, 0.3) is 11.0 Å². The van der Waals surface area contributed by atoms with E-state index in [4.69, 9.17) is 4.98 Å². The third-order valence-electron chi connectivity index (χ3n) is 5.90. The molecule has 1 fully saturated rings. The second-order valence-electron chi connectivity index (χ2n) is 7.85. The lowest BCUT2D eigenvalue weighted by Crippen LogP contribution is -2.24. The number of carbonyl (C=O) groups excluding carboxylic acids is 1. The van der Waals surface area contributed by atoms with Gasteiger partial charge < -0.3 is 9.47 Å². The standard InChI is InChI=1S/C25H22FN3O/c1-17-6-2-3-7-18(17)15-29-23-9-5-4-8-22(23)27-25(29)19-14-24(30)28(16-19)21-12-10-20(26)11-13-21/h2-13,19H,14-16H2,1H3/t19-/m1/s1. The number of nitrogens with zero attached hydrogens (tertiary/aromatic N) is 3. The summed E-state index contributed by atoms with van der Waals surface area (Å²) in [6.45, 7) is 3.37. The fourth-order valence-electron chi connectivity index (χ4n) is 4.28. The molecule has 2 heterocycles. The van der Waals surface area contributed by atoms with Crippen molar-refractivity contribution in [2.75, 3.05) is 11.4 Å². The van der Waals surface area contributed by atoms with Crippen molar-refractivity contribution < 1.29 is 9.18 Å². The lowest BCUT2D eigenvalue weighted by molar-refractivity contribution is -0.117. The van der Waals surface area contributed by atoms with Crippen molar-refractivity contribution in [3.63, 3.8) is 0 Å². The molecule has 5 rings (SSSR count). The predicted octanol–water partition coefficient (Wildman–Crippen LogP) is 5.05. The van der Waals surface area contributed by atoms with Gasteiger partial charge in [-0.1, -0.05) is 36.4 Å². The molecule has 5 heteroatoms. The Morgan fingerprint density at radius 1 is 1.00 bits per heavy atom. The van der Waals surface area contributed by atoms with Gasteiger partial charge in [-0.15, -0.1) is 0 Å². The summed E-state index contributed by atoms with van der Waals surface area (Å²) in [6.07, 6.45) is 0.397. The zero-order valence-electron chi connectivity index (χ0n) is 16.8. The van der Waals surface area contributed by atoms with E-state index < -0.39 is 0 Å². The topological polar surface area (TPSA) is 38.1 Å². The van der Waals surface area contributed by atoms with Gasteiger partial charge in [0.1, 0.15) is 11.6 Å². The number of aromatic nitrogens is 2. The van der Waals surface area contributed by atoms with E-state index in [9.17, 15) is 9.18 Å². The van der Waals surface area contributed by atoms with Crippen molar-refractivity contribution >= 4 is 22.6 Å². The first kappa shape index (κ1) is 18.6. The lowest BCUT2D eigenvalue weighted by Gasteiger charge is -2.18. The van der Waals surface area contributed by atoms with E-state index in [1.54, 1.807) is 17.0 Å². The third kappa shape index (κ3) is 3.26. The van der Waals surface area contributed by atoms with Crippen LogP contribution in [0, 0.1) is 12.7 Å². The summed E-state index contributed by atoms with van der Waals surface area (Å²) < 4.78 is 15.5. The first-order valence-electron chi connectivity index (χ1n) is 10.2. The molecule has 1 aliphatic heterocycles. The number of hydrogen-bond donors (Lipinski definition) is 0. The van der Waals surface area contributed by atoms with E-state index >= 15 is 0 Å². The third-order valence-corrected chi connectivity index (χ3v) is 5.90. The summed E-state index contributed by atoms with van der Waals surface area (Å²) in [6, 6.07) is 22.6. The van der Waals surface area contributed by atoms with Crippen molar-refractivity contribution in [2.24, 2.45) is 0 Å². The van der Waals surface area contributed by atoms with E-state index in [-0.39, 0.29) is 17.6 Å². The number of amides is 1. The van der Waals surface area contributed by atoms with Gasteiger partial charge in [0.15, 0.2) is 0 Å². The molecular formula is C25H22FN3O. The maximum absolute atomic E-state index is 13.3. The molecule has 30 heavy (non-hydrogen) atoms. The van der Waals surface area contributed by atoms with Crippen LogP contribution in [0.3, 0.4) is 0 Å². The van der Waals surface area contributed by atoms with E-state index in [2.05, 4.69) is 35.8 Å². The van der Waals surface area contributed by atoms with Crippen LogP contribution in [0.1, 0.15) is 29.3 Å². The predicted molar refractivity (Wildman–Crippen MR) is 116 cm³/mol. The molecular weight excluding hydrogens is 377 g/mol. The molecule has 0 aliphatic carbocycles. The molecule has 0 unspecified atom stereocenters. The van der Waals surface area contributed by atoms with Crippen LogP contribution in [0.2, 0.25) is 0 Å². The van der Waals surface area contributed by atoms with Gasteiger partial charge in [-0.3, -0.25) is 4.79 Å². The number of hydrogen-bond acceptors (Lipinski definition) is 2. The number of para-hydroxylation sites is 2. The van der Waals surface area contributed by atoms with Gasteiger partial charge in [-0.25, -0.2) is 9.37 Å². The van der Waals surface area contributed by atoms with Crippen LogP contribution in [0.15, 0.2) is 72.8 Å². The largest absolute Gasteiger partial charge is 0.323 e. The lowest BCUT2D eigenvalue weighted by atomic mass is 10.1. The Kier molecular flexibility index (Phi) is 4.58. The first-order valence-corrected chi connectivity index (χ1v) is 10.2. The number of anilines is 1. The Morgan fingerprint density at radius 3 is 2.53 bits per heavy atom. The number of rotatable bonds is 4. The summed E-state index contributed by atoms with van der Waals surface area (Å²) in [7, 11) is 0. The Labute approximate surface area is 174 Å². The Balaban J connectivity index is 1.53. The highest BCUT2D eigenvalue weighted by molar-refractivity contribution is 5.96. The Bertz CT molecular complexity index is 1230. The van der Waals surface area contributed by atoms with Crippen LogP contribution < -0.4 is 4.90 Å². The van der Waals surface area contributed by atoms with Crippen molar-refractivity contribution in [2.45, 2.75) is 25.8 Å². The monoisotopic (exact) mass is 399 g/mol. The van der Waals surface area contributed by atoms with Crippen LogP contribution in [0.5, 0.6) is 0 Å². The summed E-state index contributed by atoms with van der Waals surface area (Å²) in [5, 5.41) is 0. The summed E-state index contributed by atoms with van der Waals surface area (Å²) in [5.41, 5.74) is 5.21. The van der Waals surface area contributed by atoms with Gasteiger partial charge in [0, 0.05) is 31.1 Å². The molecule has 1 aromatic heterocycles. The number of fused-ring (bicyclic) bond motifs is 1. The number of aryl methyl sites for hydroxylation is 1. The molecule has 0 saturated carbocycles. The van der Waals surface area contributed by atoms with E-state index in [1.807, 2.05) is 24.3 Å². The number of halogens is 1. The minimum atomic E-state index is -0.304. The molecule has 0 spiro atoms. The molecule has 4 nitrogen and oxygen atoms in total. The number of benzene rings is 3. The van der Waals surface area contributed by atoms with Gasteiger partial charge in [0.25, 0.3) is 0 Å². The zero-order valence-corrected chi connectivity index (χ0v) is 16.8. The van der Waals surface area contributed by atoms with Gasteiger partial charge in [0.2, 0.25) is 5.91 Å². The molecule has 0 radical (unpaired) electrons. The summed E-state index contributed by atoms with van der Waals surface area (Å²) in [5.74, 6) is 0.652. The van der Waals surface area contributed by atoms with E-state index in [0.29, 0.717) is 19.5 Å². The molecule has 1 atom stereocenters. The highest BCUT2D eigenvalue weighted by Crippen LogP contribution is 2.33. The number of carbonyl (C=O) groups is 1. The molecule has 0 bridgehead atoms. The molecule has 1 saturated heterocycles. The van der Waals surface area contributed by atoms with Gasteiger partial charge in [0.05, 0.1) is 11.0 Å². The number of imidazole rings is 1. The van der Waals surface area contributed by atoms with Crippen molar-refractivity contribution in [1.29, 1.82) is 0 Å². The fraction of sp³-hybridized carbons (Fsp3) is 0.200. The van der Waals surface area contributed by atoms with Crippen molar-refractivity contribution in [3.05, 3.63) is 95.6 Å². The van der Waals surface area contributed by atoms with Crippen molar-refractivity contribution in [3.8, 4) is 0 Å². The average molecular weight is 399 g/mol. The first-order chi connectivity index (χ1) is 14.6. The molecule has 1 amide bonds. The van der Waals surface area contributed by atoms with Crippen LogP contribution in [-0.4, -0.2) is 22.0 Å². The SMILES string of the molecule is Cc1ccccc1Cn1c([C@@H]2CC(=O)N(c3ccc(F)cc3)C2)nc2ccccc21. The molecule has 3 aromatic carbocycles. The maximum Gasteiger partial charge on any atom is 0.227 e. The zero-order chi connectivity index (χ0) is 20.7. The Morgan fingerprint density at radius 2 is 1.73 bits per heavy atom. The highest BCUT2D eigenvalue weighted by atomic mass is 19.1. The molecule has 1 aliphatic rings. The van der Waals surface area contributed by atoms with Crippen LogP contribution in [0.4, 0.5) is 10.1 Å². The maximum atomic E-state index is 13.3. The highest BCUT2D eigenvalue weighted by Gasteiger charge is 2.34. The summed E-state index contributed by atoms with van der Waals surface area (Å²) >= 11 is 0. The van der Waals surface area contributed by atoms with Crippen LogP contribution >= 0.6 is 0 Å². The normalized spacial score (nSPS) is 16.5. The minimum Gasteiger partial charge on any atom is -0.323 e. The van der Waals surface area contributed by atoms with Crippen LogP contribution in [-0.2, 0) is 11.3 Å². The van der Waals surface area contributed by atoms with Gasteiger partial charge in [-0.2, -0.15) is 0 Å². The average Bonchev–Trinajstić information content (AvgIpc) is 3.31. The van der Waals surface area contributed by atoms with E-state index in [0.717, 1.165) is 22.5 Å². The minimum absolute atomic E-state index is 0.0148. The molecule has 0 N–H and O–H groups in total. The van der Waals surface area contributed by atoms with E-state index in [1.165, 1.54) is 23.3 Å².